The van der Waals surface area contributed by atoms with E-state index in [-0.39, 0.29) is 12.0 Å². The summed E-state index contributed by atoms with van der Waals surface area (Å²) in [5.41, 5.74) is 0.496. The van der Waals surface area contributed by atoms with Crippen LogP contribution in [0.4, 0.5) is 0 Å². The maximum atomic E-state index is 13.0. The third-order valence-corrected chi connectivity index (χ3v) is 4.41. The number of benzene rings is 1. The van der Waals surface area contributed by atoms with Crippen molar-refractivity contribution in [3.63, 3.8) is 0 Å². The molecule has 0 radical (unpaired) electrons. The number of hydrogen-bond donors (Lipinski definition) is 0. The molecule has 8 heteroatoms. The number of piperidine rings is 1. The molecule has 144 valence electrons. The van der Waals surface area contributed by atoms with Gasteiger partial charge in [-0.3, -0.25) is 4.79 Å². The quantitative estimate of drug-likeness (QED) is 0.767. The van der Waals surface area contributed by atoms with Crippen LogP contribution in [0, 0.1) is 0 Å². The monoisotopic (exact) mass is 373 g/mol. The summed E-state index contributed by atoms with van der Waals surface area (Å²) in [6, 6.07) is 5.17. The van der Waals surface area contributed by atoms with Gasteiger partial charge in [-0.05, 0) is 25.0 Å². The van der Waals surface area contributed by atoms with E-state index in [1.165, 1.54) is 14.2 Å². The summed E-state index contributed by atoms with van der Waals surface area (Å²) in [6.07, 6.45) is 4.56. The zero-order valence-electron chi connectivity index (χ0n) is 15.7. The third-order valence-electron chi connectivity index (χ3n) is 4.41. The predicted octanol–water partition coefficient (Wildman–Crippen LogP) is 2.19. The second-order valence-electron chi connectivity index (χ2n) is 6.07. The van der Waals surface area contributed by atoms with Crippen LogP contribution in [-0.4, -0.2) is 61.3 Å². The van der Waals surface area contributed by atoms with Crippen LogP contribution in [0.2, 0.25) is 0 Å². The van der Waals surface area contributed by atoms with E-state index in [2.05, 4.69) is 9.97 Å². The predicted molar refractivity (Wildman–Crippen MR) is 97.7 cm³/mol. The highest BCUT2D eigenvalue weighted by molar-refractivity contribution is 5.97. The number of hydrogen-bond acceptors (Lipinski definition) is 7. The Morgan fingerprint density at radius 3 is 2.56 bits per heavy atom. The molecule has 2 heterocycles. The molecule has 1 fully saturated rings. The maximum Gasteiger partial charge on any atom is 0.278 e. The van der Waals surface area contributed by atoms with E-state index < -0.39 is 0 Å². The Labute approximate surface area is 158 Å². The second-order valence-corrected chi connectivity index (χ2v) is 6.07. The lowest BCUT2D eigenvalue weighted by Crippen LogP contribution is -2.44. The zero-order valence-corrected chi connectivity index (χ0v) is 15.7. The average molecular weight is 373 g/mol. The van der Waals surface area contributed by atoms with Gasteiger partial charge in [-0.25, -0.2) is 9.97 Å². The highest BCUT2D eigenvalue weighted by atomic mass is 16.5. The number of nitrogens with zero attached hydrogens (tertiary/aromatic N) is 3. The van der Waals surface area contributed by atoms with Crippen LogP contribution < -0.4 is 18.9 Å². The standard InChI is InChI=1S/C19H23N3O5/c1-24-13-6-7-15(16(11-13)25-2)19(23)22-10-4-5-14(12-22)27-18-17(26-3)20-8-9-21-18/h6-9,11,14H,4-5,10,12H2,1-3H3. The van der Waals surface area contributed by atoms with Crippen LogP contribution in [0.3, 0.4) is 0 Å². The SMILES string of the molecule is COc1ccc(C(=O)N2CCCC(Oc3nccnc3OC)C2)c(OC)c1. The van der Waals surface area contributed by atoms with Gasteiger partial charge in [0.25, 0.3) is 17.7 Å². The molecule has 1 aromatic carbocycles. The van der Waals surface area contributed by atoms with Crippen molar-refractivity contribution in [3.8, 4) is 23.3 Å². The second kappa shape index (κ2) is 8.57. The van der Waals surface area contributed by atoms with Crippen LogP contribution in [0.15, 0.2) is 30.6 Å². The molecule has 27 heavy (non-hydrogen) atoms. The molecule has 1 atom stereocenters. The Hall–Kier alpha value is -3.03. The zero-order chi connectivity index (χ0) is 19.2. The smallest absolute Gasteiger partial charge is 0.278 e. The van der Waals surface area contributed by atoms with Crippen molar-refractivity contribution < 1.29 is 23.7 Å². The summed E-state index contributed by atoms with van der Waals surface area (Å²) >= 11 is 0. The van der Waals surface area contributed by atoms with Crippen molar-refractivity contribution in [1.29, 1.82) is 0 Å². The molecule has 3 rings (SSSR count). The Balaban J connectivity index is 1.73. The van der Waals surface area contributed by atoms with Gasteiger partial charge in [-0.1, -0.05) is 0 Å². The van der Waals surface area contributed by atoms with Gasteiger partial charge in [0.1, 0.15) is 17.6 Å². The molecule has 0 N–H and O–H groups in total. The first-order valence-electron chi connectivity index (χ1n) is 8.69. The van der Waals surface area contributed by atoms with Crippen molar-refractivity contribution in [1.82, 2.24) is 14.9 Å². The normalized spacial score (nSPS) is 16.6. The van der Waals surface area contributed by atoms with E-state index in [1.807, 2.05) is 0 Å². The first kappa shape index (κ1) is 18.8. The molecule has 1 saturated heterocycles. The Morgan fingerprint density at radius 1 is 1.07 bits per heavy atom. The molecule has 1 amide bonds. The Bertz CT molecular complexity index is 799. The molecular weight excluding hydrogens is 350 g/mol. The van der Waals surface area contributed by atoms with Gasteiger partial charge in [0, 0.05) is 25.0 Å². The Kier molecular flexibility index (Phi) is 5.95. The van der Waals surface area contributed by atoms with E-state index in [9.17, 15) is 4.79 Å². The average Bonchev–Trinajstić information content (AvgIpc) is 2.73. The molecular formula is C19H23N3O5. The summed E-state index contributed by atoms with van der Waals surface area (Å²) in [5.74, 6) is 1.68. The lowest BCUT2D eigenvalue weighted by molar-refractivity contribution is 0.0516. The van der Waals surface area contributed by atoms with Gasteiger partial charge >= 0.3 is 0 Å². The van der Waals surface area contributed by atoms with E-state index in [0.717, 1.165) is 12.8 Å². The highest BCUT2D eigenvalue weighted by Gasteiger charge is 2.28. The molecule has 1 aliphatic heterocycles. The summed E-state index contributed by atoms with van der Waals surface area (Å²) in [5, 5.41) is 0. The van der Waals surface area contributed by atoms with Crippen LogP contribution in [-0.2, 0) is 0 Å². The van der Waals surface area contributed by atoms with Crippen molar-refractivity contribution in [2.75, 3.05) is 34.4 Å². The molecule has 0 bridgehead atoms. The maximum absolute atomic E-state index is 13.0. The lowest BCUT2D eigenvalue weighted by atomic mass is 10.1. The minimum absolute atomic E-state index is 0.103. The molecule has 2 aromatic rings. The van der Waals surface area contributed by atoms with Crippen LogP contribution in [0.25, 0.3) is 0 Å². The first-order valence-corrected chi connectivity index (χ1v) is 8.69. The van der Waals surface area contributed by atoms with E-state index in [0.29, 0.717) is 41.9 Å². The fourth-order valence-electron chi connectivity index (χ4n) is 3.06. The molecule has 1 unspecified atom stereocenters. The van der Waals surface area contributed by atoms with Crippen LogP contribution in [0.5, 0.6) is 23.3 Å². The number of rotatable bonds is 6. The number of likely N-dealkylation sites (tertiary alicyclic amines) is 1. The van der Waals surface area contributed by atoms with Gasteiger partial charge in [0.05, 0.1) is 33.4 Å². The minimum atomic E-state index is -0.183. The Morgan fingerprint density at radius 2 is 1.85 bits per heavy atom. The van der Waals surface area contributed by atoms with Gasteiger partial charge < -0.3 is 23.8 Å². The summed E-state index contributed by atoms with van der Waals surface area (Å²) < 4.78 is 21.7. The largest absolute Gasteiger partial charge is 0.497 e. The number of ether oxygens (including phenoxy) is 4. The van der Waals surface area contributed by atoms with Gasteiger partial charge in [-0.2, -0.15) is 0 Å². The van der Waals surface area contributed by atoms with Crippen molar-refractivity contribution in [3.05, 3.63) is 36.2 Å². The summed E-state index contributed by atoms with van der Waals surface area (Å²) in [7, 11) is 4.63. The molecule has 0 saturated carbocycles. The third kappa shape index (κ3) is 4.21. The van der Waals surface area contributed by atoms with Crippen LogP contribution >= 0.6 is 0 Å². The first-order chi connectivity index (χ1) is 13.2. The summed E-state index contributed by atoms with van der Waals surface area (Å²) in [6.45, 7) is 1.11. The molecule has 8 nitrogen and oxygen atoms in total. The number of carbonyl (C=O) groups is 1. The molecule has 1 aromatic heterocycles. The summed E-state index contributed by atoms with van der Waals surface area (Å²) in [4.78, 5) is 23.0. The van der Waals surface area contributed by atoms with E-state index >= 15 is 0 Å². The van der Waals surface area contributed by atoms with Crippen molar-refractivity contribution >= 4 is 5.91 Å². The van der Waals surface area contributed by atoms with E-state index in [1.54, 1.807) is 42.6 Å². The number of carbonyl (C=O) groups excluding carboxylic acids is 1. The highest BCUT2D eigenvalue weighted by Crippen LogP contribution is 2.28. The molecule has 0 spiro atoms. The van der Waals surface area contributed by atoms with Crippen LogP contribution in [0.1, 0.15) is 23.2 Å². The number of methoxy groups -OCH3 is 3. The van der Waals surface area contributed by atoms with Gasteiger partial charge in [0.2, 0.25) is 0 Å². The fraction of sp³-hybridized carbons (Fsp3) is 0.421. The lowest BCUT2D eigenvalue weighted by Gasteiger charge is -2.33. The molecule has 1 aliphatic rings. The fourth-order valence-corrected chi connectivity index (χ4v) is 3.06. The van der Waals surface area contributed by atoms with Crippen molar-refractivity contribution in [2.45, 2.75) is 18.9 Å². The topological polar surface area (TPSA) is 83.0 Å². The number of amides is 1. The van der Waals surface area contributed by atoms with E-state index in [4.69, 9.17) is 18.9 Å². The minimum Gasteiger partial charge on any atom is -0.497 e. The van der Waals surface area contributed by atoms with Crippen molar-refractivity contribution in [2.24, 2.45) is 0 Å². The number of aromatic nitrogens is 2. The van der Waals surface area contributed by atoms with Gasteiger partial charge in [-0.15, -0.1) is 0 Å². The van der Waals surface area contributed by atoms with Gasteiger partial charge in [0.15, 0.2) is 0 Å². The molecule has 0 aliphatic carbocycles.